The summed E-state index contributed by atoms with van der Waals surface area (Å²) in [4.78, 5) is 17.0. The summed E-state index contributed by atoms with van der Waals surface area (Å²) in [6, 6.07) is 3.95. The van der Waals surface area contributed by atoms with Gasteiger partial charge in [0.25, 0.3) is 5.91 Å². The Kier molecular flexibility index (Phi) is 5.33. The number of aryl methyl sites for hydroxylation is 2. The van der Waals surface area contributed by atoms with Crippen molar-refractivity contribution < 1.29 is 9.53 Å². The van der Waals surface area contributed by atoms with Crippen molar-refractivity contribution >= 4 is 11.6 Å². The lowest BCUT2D eigenvalue weighted by atomic mass is 10.2. The number of nitrogens with zero attached hydrogens (tertiary/aromatic N) is 2. The largest absolute Gasteiger partial charge is 0.382 e. The van der Waals surface area contributed by atoms with Gasteiger partial charge in [-0.1, -0.05) is 13.0 Å². The van der Waals surface area contributed by atoms with Crippen LogP contribution in [-0.4, -0.2) is 35.1 Å². The molecule has 0 bridgehead atoms. The highest BCUT2D eigenvalue weighted by molar-refractivity contribution is 5.94. The lowest BCUT2D eigenvalue weighted by Crippen LogP contribution is -2.27. The molecule has 21 heavy (non-hydrogen) atoms. The van der Waals surface area contributed by atoms with Gasteiger partial charge in [0.05, 0.1) is 5.69 Å². The highest BCUT2D eigenvalue weighted by Crippen LogP contribution is 2.16. The van der Waals surface area contributed by atoms with Crippen LogP contribution in [0, 0.1) is 6.92 Å². The molecule has 1 amide bonds. The summed E-state index contributed by atoms with van der Waals surface area (Å²) in [5, 5.41) is 2.95. The second-order valence-corrected chi connectivity index (χ2v) is 4.95. The van der Waals surface area contributed by atoms with Crippen LogP contribution in [0.15, 0.2) is 18.3 Å². The summed E-state index contributed by atoms with van der Waals surface area (Å²) in [5.74, 6) is -0.0681. The van der Waals surface area contributed by atoms with Crippen LogP contribution in [0.3, 0.4) is 0 Å². The number of pyridine rings is 1. The Morgan fingerprint density at radius 3 is 2.95 bits per heavy atom. The Hall–Kier alpha value is -1.88. The number of aromatic nitrogens is 2. The summed E-state index contributed by atoms with van der Waals surface area (Å²) in [7, 11) is 0. The molecule has 5 heteroatoms. The van der Waals surface area contributed by atoms with Crippen molar-refractivity contribution in [3.8, 4) is 0 Å². The van der Waals surface area contributed by atoms with E-state index in [0.29, 0.717) is 25.5 Å². The summed E-state index contributed by atoms with van der Waals surface area (Å²) >= 11 is 0. The first kappa shape index (κ1) is 15.5. The zero-order valence-electron chi connectivity index (χ0n) is 13.0. The van der Waals surface area contributed by atoms with Gasteiger partial charge in [0.15, 0.2) is 0 Å². The summed E-state index contributed by atoms with van der Waals surface area (Å²) in [6.07, 6.45) is 3.45. The Labute approximate surface area is 125 Å². The Morgan fingerprint density at radius 2 is 2.24 bits per heavy atom. The molecule has 1 N–H and O–H groups in total. The molecule has 0 fully saturated rings. The second-order valence-electron chi connectivity index (χ2n) is 4.95. The molecule has 0 radical (unpaired) electrons. The van der Waals surface area contributed by atoms with Gasteiger partial charge in [-0.05, 0) is 38.3 Å². The van der Waals surface area contributed by atoms with Gasteiger partial charge in [-0.3, -0.25) is 9.20 Å². The van der Waals surface area contributed by atoms with Crippen molar-refractivity contribution in [3.05, 3.63) is 35.3 Å². The number of carbonyl (C=O) groups excluding carboxylic acids is 1. The standard InChI is InChI=1S/C16H23N3O2/c1-4-13-14(16(20)17-9-7-11-21-5-2)19-10-6-8-12(3)15(19)18-13/h6,8,10H,4-5,7,9,11H2,1-3H3,(H,17,20). The Balaban J connectivity index is 2.16. The molecule has 0 aromatic carbocycles. The highest BCUT2D eigenvalue weighted by Gasteiger charge is 2.18. The number of imidazole rings is 1. The molecule has 2 heterocycles. The number of amides is 1. The Morgan fingerprint density at radius 1 is 1.43 bits per heavy atom. The minimum absolute atomic E-state index is 0.0681. The highest BCUT2D eigenvalue weighted by atomic mass is 16.5. The van der Waals surface area contributed by atoms with Crippen molar-refractivity contribution in [2.24, 2.45) is 0 Å². The molecule has 114 valence electrons. The zero-order valence-corrected chi connectivity index (χ0v) is 13.0. The average molecular weight is 289 g/mol. The van der Waals surface area contributed by atoms with E-state index >= 15 is 0 Å². The number of hydrogen-bond acceptors (Lipinski definition) is 3. The normalized spacial score (nSPS) is 11.0. The van der Waals surface area contributed by atoms with Crippen LogP contribution in [0.2, 0.25) is 0 Å². The van der Waals surface area contributed by atoms with Gasteiger partial charge in [-0.15, -0.1) is 0 Å². The number of hydrogen-bond donors (Lipinski definition) is 1. The van der Waals surface area contributed by atoms with E-state index in [-0.39, 0.29) is 5.91 Å². The van der Waals surface area contributed by atoms with Crippen molar-refractivity contribution in [1.29, 1.82) is 0 Å². The van der Waals surface area contributed by atoms with E-state index < -0.39 is 0 Å². The molecule has 0 saturated heterocycles. The molecule has 0 aliphatic carbocycles. The van der Waals surface area contributed by atoms with Gasteiger partial charge in [0.1, 0.15) is 11.3 Å². The predicted molar refractivity (Wildman–Crippen MR) is 82.8 cm³/mol. The van der Waals surface area contributed by atoms with E-state index in [4.69, 9.17) is 4.74 Å². The smallest absolute Gasteiger partial charge is 0.270 e. The molecule has 0 atom stereocenters. The number of nitrogens with one attached hydrogen (secondary N) is 1. The first-order chi connectivity index (χ1) is 10.2. The zero-order chi connectivity index (χ0) is 15.2. The van der Waals surface area contributed by atoms with Crippen molar-refractivity contribution in [2.75, 3.05) is 19.8 Å². The maximum Gasteiger partial charge on any atom is 0.270 e. The molecular formula is C16H23N3O2. The summed E-state index contributed by atoms with van der Waals surface area (Å²) < 4.78 is 7.15. The van der Waals surface area contributed by atoms with Gasteiger partial charge in [-0.2, -0.15) is 0 Å². The third-order valence-corrected chi connectivity index (χ3v) is 3.42. The maximum atomic E-state index is 12.4. The predicted octanol–water partition coefficient (Wildman–Crippen LogP) is 2.36. The van der Waals surface area contributed by atoms with Crippen LogP contribution in [0.25, 0.3) is 5.65 Å². The fourth-order valence-corrected chi connectivity index (χ4v) is 2.34. The molecule has 0 unspecified atom stereocenters. The van der Waals surface area contributed by atoms with Crippen LogP contribution in [0.1, 0.15) is 42.0 Å². The fraction of sp³-hybridized carbons (Fsp3) is 0.500. The van der Waals surface area contributed by atoms with Gasteiger partial charge in [0, 0.05) is 26.0 Å². The molecule has 0 aliphatic rings. The number of ether oxygens (including phenoxy) is 1. The molecular weight excluding hydrogens is 266 g/mol. The van der Waals surface area contributed by atoms with E-state index in [2.05, 4.69) is 10.3 Å². The summed E-state index contributed by atoms with van der Waals surface area (Å²) in [5.41, 5.74) is 3.41. The SMILES string of the molecule is CCOCCCNC(=O)c1c(CC)nc2c(C)cccn12. The molecule has 0 saturated carbocycles. The van der Waals surface area contributed by atoms with Crippen LogP contribution in [-0.2, 0) is 11.2 Å². The molecule has 0 spiro atoms. The molecule has 5 nitrogen and oxygen atoms in total. The van der Waals surface area contributed by atoms with E-state index in [1.807, 2.05) is 43.5 Å². The van der Waals surface area contributed by atoms with Crippen molar-refractivity contribution in [2.45, 2.75) is 33.6 Å². The Bertz CT molecular complexity index is 619. The fourth-order valence-electron chi connectivity index (χ4n) is 2.34. The van der Waals surface area contributed by atoms with Gasteiger partial charge in [0.2, 0.25) is 0 Å². The van der Waals surface area contributed by atoms with E-state index in [0.717, 1.165) is 29.7 Å². The van der Waals surface area contributed by atoms with E-state index in [9.17, 15) is 4.79 Å². The third kappa shape index (κ3) is 3.42. The molecule has 2 rings (SSSR count). The van der Waals surface area contributed by atoms with Crippen LogP contribution < -0.4 is 5.32 Å². The minimum Gasteiger partial charge on any atom is -0.382 e. The quantitative estimate of drug-likeness (QED) is 0.796. The average Bonchev–Trinajstić information content (AvgIpc) is 2.87. The number of rotatable bonds is 7. The minimum atomic E-state index is -0.0681. The first-order valence-corrected chi connectivity index (χ1v) is 7.51. The van der Waals surface area contributed by atoms with E-state index in [1.165, 1.54) is 0 Å². The number of fused-ring (bicyclic) bond motifs is 1. The van der Waals surface area contributed by atoms with Gasteiger partial charge < -0.3 is 10.1 Å². The van der Waals surface area contributed by atoms with Gasteiger partial charge in [-0.25, -0.2) is 4.98 Å². The molecule has 2 aromatic heterocycles. The molecule has 2 aromatic rings. The lowest BCUT2D eigenvalue weighted by molar-refractivity contribution is 0.0937. The van der Waals surface area contributed by atoms with Crippen LogP contribution in [0.5, 0.6) is 0 Å². The van der Waals surface area contributed by atoms with Gasteiger partial charge >= 0.3 is 0 Å². The number of carbonyl (C=O) groups is 1. The third-order valence-electron chi connectivity index (χ3n) is 3.42. The van der Waals surface area contributed by atoms with E-state index in [1.54, 1.807) is 0 Å². The lowest BCUT2D eigenvalue weighted by Gasteiger charge is -2.07. The van der Waals surface area contributed by atoms with Crippen molar-refractivity contribution in [3.63, 3.8) is 0 Å². The van der Waals surface area contributed by atoms with Crippen molar-refractivity contribution in [1.82, 2.24) is 14.7 Å². The van der Waals surface area contributed by atoms with Crippen LogP contribution >= 0.6 is 0 Å². The topological polar surface area (TPSA) is 55.6 Å². The monoisotopic (exact) mass is 289 g/mol. The summed E-state index contributed by atoms with van der Waals surface area (Å²) in [6.45, 7) is 7.98. The van der Waals surface area contributed by atoms with Crippen LogP contribution in [0.4, 0.5) is 0 Å². The molecule has 0 aliphatic heterocycles. The maximum absolute atomic E-state index is 12.4. The second kappa shape index (κ2) is 7.22. The first-order valence-electron chi connectivity index (χ1n) is 7.51.